The number of aromatic nitrogens is 5. The average Bonchev–Trinajstić information content (AvgIpc) is 3.38. The predicted molar refractivity (Wildman–Crippen MR) is 120 cm³/mol. The number of amides is 2. The van der Waals surface area contributed by atoms with Gasteiger partial charge in [-0.3, -0.25) is 14.9 Å². The Hall–Kier alpha value is -3.34. The highest BCUT2D eigenvalue weighted by atomic mass is 32.2. The number of anilines is 2. The first kappa shape index (κ1) is 19.6. The van der Waals surface area contributed by atoms with E-state index in [-0.39, 0.29) is 16.9 Å². The van der Waals surface area contributed by atoms with Crippen LogP contribution in [-0.4, -0.2) is 66.5 Å². The van der Waals surface area contributed by atoms with E-state index in [1.807, 2.05) is 18.3 Å². The number of hydrogen-bond acceptors (Lipinski definition) is 8. The Bertz CT molecular complexity index is 1170. The molecule has 0 bridgehead atoms. The van der Waals surface area contributed by atoms with Crippen LogP contribution < -0.4 is 15.5 Å². The summed E-state index contributed by atoms with van der Waals surface area (Å²) in [6.45, 7) is 2.60. The monoisotopic (exact) mass is 438 g/mol. The lowest BCUT2D eigenvalue weighted by atomic mass is 9.97. The van der Waals surface area contributed by atoms with Crippen molar-refractivity contribution in [3.05, 3.63) is 42.5 Å². The van der Waals surface area contributed by atoms with Crippen LogP contribution in [0.2, 0.25) is 0 Å². The molecule has 2 fully saturated rings. The molecule has 0 spiro atoms. The third-order valence-electron chi connectivity index (χ3n) is 5.42. The van der Waals surface area contributed by atoms with Crippen molar-refractivity contribution >= 4 is 44.4 Å². The normalized spacial score (nSPS) is 19.9. The van der Waals surface area contributed by atoms with Crippen LogP contribution in [0.15, 0.2) is 36.8 Å². The summed E-state index contributed by atoms with van der Waals surface area (Å²) in [5.74, 6) is 2.03. The van der Waals surface area contributed by atoms with Crippen LogP contribution in [0.3, 0.4) is 0 Å². The lowest BCUT2D eigenvalue weighted by Crippen LogP contribution is -2.37. The zero-order valence-electron chi connectivity index (χ0n) is 16.8. The molecule has 0 aliphatic carbocycles. The fourth-order valence-corrected chi connectivity index (χ4v) is 5.08. The fourth-order valence-electron chi connectivity index (χ4n) is 3.74. The number of carbonyl (C=O) groups excluding carboxylic acids is 2. The predicted octanol–water partition coefficient (Wildman–Crippen LogP) is 1.52. The molecule has 0 saturated carbocycles. The van der Waals surface area contributed by atoms with E-state index >= 15 is 0 Å². The van der Waals surface area contributed by atoms with Gasteiger partial charge in [-0.2, -0.15) is 0 Å². The van der Waals surface area contributed by atoms with Crippen LogP contribution in [0.4, 0.5) is 16.6 Å². The fraction of sp³-hybridized carbons (Fsp3) is 0.350. The third kappa shape index (κ3) is 4.41. The quantitative estimate of drug-likeness (QED) is 0.576. The Balaban J connectivity index is 1.17. The van der Waals surface area contributed by atoms with E-state index in [2.05, 4.69) is 35.6 Å². The van der Waals surface area contributed by atoms with Gasteiger partial charge < -0.3 is 10.2 Å². The first-order valence-corrected chi connectivity index (χ1v) is 11.6. The maximum atomic E-state index is 11.8. The SMILES string of the molecule is O=C1C/S(=C\c2ccnc(N3CCC(CNc4ccc5nccn5n4)CC3)n2)C(=O)N1. The number of imidazole rings is 1. The number of nitrogens with zero attached hydrogens (tertiary/aromatic N) is 6. The summed E-state index contributed by atoms with van der Waals surface area (Å²) in [6.07, 6.45) is 7.33. The number of piperidine rings is 1. The molecular formula is C20H22N8O2S. The Labute approximate surface area is 181 Å². The van der Waals surface area contributed by atoms with Gasteiger partial charge in [0.15, 0.2) is 5.65 Å². The molecule has 0 radical (unpaired) electrons. The molecule has 11 heteroatoms. The molecule has 0 aromatic carbocycles. The molecule has 1 atom stereocenters. The van der Waals surface area contributed by atoms with Crippen molar-refractivity contribution in [2.75, 3.05) is 35.6 Å². The van der Waals surface area contributed by atoms with Crippen molar-refractivity contribution < 1.29 is 9.59 Å². The van der Waals surface area contributed by atoms with Crippen molar-refractivity contribution in [2.45, 2.75) is 12.8 Å². The number of rotatable bonds is 5. The molecule has 2 N–H and O–H groups in total. The van der Waals surface area contributed by atoms with Gasteiger partial charge in [0.05, 0.1) is 11.4 Å². The summed E-state index contributed by atoms with van der Waals surface area (Å²) >= 11 is 0. The largest absolute Gasteiger partial charge is 0.368 e. The minimum Gasteiger partial charge on any atom is -0.368 e. The second-order valence-corrected chi connectivity index (χ2v) is 9.32. The lowest BCUT2D eigenvalue weighted by Gasteiger charge is -2.32. The first-order valence-electron chi connectivity index (χ1n) is 10.1. The summed E-state index contributed by atoms with van der Waals surface area (Å²) in [6, 6.07) is 5.67. The van der Waals surface area contributed by atoms with E-state index in [0.29, 0.717) is 17.6 Å². The van der Waals surface area contributed by atoms with Crippen LogP contribution in [-0.2, 0) is 4.79 Å². The maximum Gasteiger partial charge on any atom is 0.280 e. The van der Waals surface area contributed by atoms with Gasteiger partial charge >= 0.3 is 0 Å². The minimum absolute atomic E-state index is 0.208. The van der Waals surface area contributed by atoms with Gasteiger partial charge in [-0.1, -0.05) is 10.5 Å². The van der Waals surface area contributed by atoms with Crippen LogP contribution in [0.1, 0.15) is 18.5 Å². The second kappa shape index (κ2) is 8.42. The van der Waals surface area contributed by atoms with Gasteiger partial charge in [0.1, 0.15) is 5.82 Å². The zero-order valence-corrected chi connectivity index (χ0v) is 17.6. The van der Waals surface area contributed by atoms with Crippen molar-refractivity contribution in [1.82, 2.24) is 29.9 Å². The van der Waals surface area contributed by atoms with E-state index in [1.165, 1.54) is 0 Å². The van der Waals surface area contributed by atoms with Gasteiger partial charge in [-0.25, -0.2) is 19.5 Å². The van der Waals surface area contributed by atoms with Crippen molar-refractivity contribution in [3.8, 4) is 0 Å². The molecule has 160 valence electrons. The number of carbonyl (C=O) groups is 2. The van der Waals surface area contributed by atoms with Crippen LogP contribution in [0.5, 0.6) is 0 Å². The number of nitrogens with one attached hydrogen (secondary N) is 2. The van der Waals surface area contributed by atoms with Gasteiger partial charge in [-0.05, 0) is 42.3 Å². The second-order valence-electron chi connectivity index (χ2n) is 7.57. The first-order chi connectivity index (χ1) is 15.1. The highest BCUT2D eigenvalue weighted by Crippen LogP contribution is 2.23. The smallest absolute Gasteiger partial charge is 0.280 e. The molecule has 3 aromatic heterocycles. The topological polar surface area (TPSA) is 117 Å². The van der Waals surface area contributed by atoms with E-state index < -0.39 is 10.5 Å². The molecule has 2 aliphatic heterocycles. The van der Waals surface area contributed by atoms with E-state index in [4.69, 9.17) is 0 Å². The standard InChI is InChI=1S/C20H22N8O2S/c29-18-13-31(20(30)25-18)12-15-3-6-22-19(24-15)27-8-4-14(5-9-27)11-23-16-1-2-17-21-7-10-28(17)26-16/h1-3,6-7,10,12,14H,4-5,8-9,11,13H2,(H,23,26)(H,25,29,30). The van der Waals surface area contributed by atoms with Crippen molar-refractivity contribution in [3.63, 3.8) is 0 Å². The summed E-state index contributed by atoms with van der Waals surface area (Å²) in [7, 11) is -0.752. The molecule has 2 saturated heterocycles. The van der Waals surface area contributed by atoms with E-state index in [0.717, 1.165) is 43.9 Å². The van der Waals surface area contributed by atoms with Crippen LogP contribution in [0.25, 0.3) is 5.65 Å². The molecular weight excluding hydrogens is 416 g/mol. The molecule has 2 amide bonds. The van der Waals surface area contributed by atoms with E-state index in [9.17, 15) is 9.59 Å². The maximum absolute atomic E-state index is 11.8. The highest BCUT2D eigenvalue weighted by Gasteiger charge is 2.24. The molecule has 3 aromatic rings. The Morgan fingerprint density at radius 1 is 1.16 bits per heavy atom. The highest BCUT2D eigenvalue weighted by molar-refractivity contribution is 8.28. The Morgan fingerprint density at radius 2 is 2.03 bits per heavy atom. The summed E-state index contributed by atoms with van der Waals surface area (Å²) in [5.41, 5.74) is 1.52. The number of imide groups is 1. The van der Waals surface area contributed by atoms with Gasteiger partial charge in [0, 0.05) is 38.2 Å². The lowest BCUT2D eigenvalue weighted by molar-refractivity contribution is -0.117. The summed E-state index contributed by atoms with van der Waals surface area (Å²) in [4.78, 5) is 38.6. The van der Waals surface area contributed by atoms with Gasteiger partial charge in [0.2, 0.25) is 11.9 Å². The molecule has 1 unspecified atom stereocenters. The van der Waals surface area contributed by atoms with E-state index in [1.54, 1.807) is 28.3 Å². The number of fused-ring (bicyclic) bond motifs is 1. The molecule has 5 heterocycles. The zero-order chi connectivity index (χ0) is 21.2. The molecule has 5 rings (SSSR count). The van der Waals surface area contributed by atoms with Gasteiger partial charge in [0.25, 0.3) is 5.24 Å². The van der Waals surface area contributed by atoms with Crippen molar-refractivity contribution in [2.24, 2.45) is 5.92 Å². The minimum atomic E-state index is -0.752. The number of hydrogen-bond donors (Lipinski definition) is 2. The summed E-state index contributed by atoms with van der Waals surface area (Å²) < 4.78 is 1.76. The molecule has 31 heavy (non-hydrogen) atoms. The average molecular weight is 439 g/mol. The Morgan fingerprint density at radius 3 is 2.84 bits per heavy atom. The Kier molecular flexibility index (Phi) is 5.33. The third-order valence-corrected chi connectivity index (χ3v) is 7.10. The van der Waals surface area contributed by atoms with Crippen molar-refractivity contribution in [1.29, 1.82) is 0 Å². The summed E-state index contributed by atoms with van der Waals surface area (Å²) in [5, 5.41) is 11.8. The molecule has 2 aliphatic rings. The van der Waals surface area contributed by atoms with Crippen LogP contribution in [0, 0.1) is 5.92 Å². The molecule has 10 nitrogen and oxygen atoms in total. The van der Waals surface area contributed by atoms with Crippen LogP contribution >= 0.6 is 10.5 Å². The van der Waals surface area contributed by atoms with Gasteiger partial charge in [-0.15, -0.1) is 5.10 Å².